The van der Waals surface area contributed by atoms with E-state index in [2.05, 4.69) is 16.4 Å². The van der Waals surface area contributed by atoms with Gasteiger partial charge in [-0.1, -0.05) is 35.9 Å². The molecule has 1 aromatic heterocycles. The average molecular weight is 398 g/mol. The molecule has 28 heavy (non-hydrogen) atoms. The minimum atomic E-state index is -0.222. The first-order chi connectivity index (χ1) is 13.4. The summed E-state index contributed by atoms with van der Waals surface area (Å²) < 4.78 is 0. The Balaban J connectivity index is 1.64. The van der Waals surface area contributed by atoms with Crippen molar-refractivity contribution in [3.63, 3.8) is 0 Å². The highest BCUT2D eigenvalue weighted by Gasteiger charge is 2.20. The zero-order chi connectivity index (χ0) is 20.3. The number of H-pyrrole nitrogens is 1. The molecule has 5 nitrogen and oxygen atoms in total. The Bertz CT molecular complexity index is 1000. The molecule has 0 saturated carbocycles. The van der Waals surface area contributed by atoms with Gasteiger partial charge in [0.05, 0.1) is 10.7 Å². The number of anilines is 1. The summed E-state index contributed by atoms with van der Waals surface area (Å²) in [6, 6.07) is 11.8. The molecule has 0 saturated heterocycles. The highest BCUT2D eigenvalue weighted by atomic mass is 35.5. The highest BCUT2D eigenvalue weighted by molar-refractivity contribution is 6.34. The van der Waals surface area contributed by atoms with Crippen molar-refractivity contribution in [2.45, 2.75) is 27.2 Å². The Hall–Kier alpha value is -2.79. The second-order valence-electron chi connectivity index (χ2n) is 6.98. The minimum Gasteiger partial charge on any atom is -0.361 e. The summed E-state index contributed by atoms with van der Waals surface area (Å²) in [6.07, 6.45) is 2.67. The van der Waals surface area contributed by atoms with E-state index in [1.807, 2.05) is 44.3 Å². The zero-order valence-electron chi connectivity index (χ0n) is 16.3. The number of aromatic amines is 1. The second kappa shape index (κ2) is 8.48. The van der Waals surface area contributed by atoms with Gasteiger partial charge in [-0.2, -0.15) is 0 Å². The predicted octanol–water partition coefficient (Wildman–Crippen LogP) is 4.15. The van der Waals surface area contributed by atoms with Gasteiger partial charge in [0.2, 0.25) is 11.8 Å². The Morgan fingerprint density at radius 3 is 2.64 bits per heavy atom. The molecule has 0 bridgehead atoms. The highest BCUT2D eigenvalue weighted by Crippen LogP contribution is 2.31. The number of carbonyl (C=O) groups excluding carboxylic acids is 2. The van der Waals surface area contributed by atoms with Crippen LogP contribution < -0.4 is 10.2 Å². The normalized spacial score (nSPS) is 10.9. The summed E-state index contributed by atoms with van der Waals surface area (Å²) in [5.74, 6) is -0.438. The summed E-state index contributed by atoms with van der Waals surface area (Å²) in [7, 11) is 0. The number of aryl methyl sites for hydroxylation is 2. The lowest BCUT2D eigenvalue weighted by atomic mass is 10.1. The van der Waals surface area contributed by atoms with E-state index in [0.29, 0.717) is 23.7 Å². The first kappa shape index (κ1) is 20.0. The minimum absolute atomic E-state index is 0.0627. The van der Waals surface area contributed by atoms with Crippen LogP contribution in [0.2, 0.25) is 5.02 Å². The molecule has 0 fully saturated rings. The fraction of sp³-hybridized carbons (Fsp3) is 0.273. The van der Waals surface area contributed by atoms with Gasteiger partial charge < -0.3 is 15.2 Å². The number of para-hydroxylation sites is 1. The van der Waals surface area contributed by atoms with Crippen LogP contribution in [0, 0.1) is 13.8 Å². The number of hydrogen-bond acceptors (Lipinski definition) is 2. The molecule has 0 aliphatic heterocycles. The van der Waals surface area contributed by atoms with Crippen LogP contribution in [0.3, 0.4) is 0 Å². The molecule has 3 aromatic rings. The van der Waals surface area contributed by atoms with E-state index in [1.165, 1.54) is 11.8 Å². The third-order valence-corrected chi connectivity index (χ3v) is 5.03. The number of benzene rings is 2. The topological polar surface area (TPSA) is 65.2 Å². The molecule has 2 amide bonds. The lowest BCUT2D eigenvalue weighted by molar-refractivity contribution is -0.123. The molecule has 0 atom stereocenters. The first-order valence-electron chi connectivity index (χ1n) is 9.23. The van der Waals surface area contributed by atoms with Crippen molar-refractivity contribution < 1.29 is 9.59 Å². The van der Waals surface area contributed by atoms with Crippen molar-refractivity contribution in [1.82, 2.24) is 10.3 Å². The number of carbonyl (C=O) groups is 2. The van der Waals surface area contributed by atoms with E-state index < -0.39 is 0 Å². The van der Waals surface area contributed by atoms with Gasteiger partial charge >= 0.3 is 0 Å². The molecule has 2 N–H and O–H groups in total. The van der Waals surface area contributed by atoms with Crippen LogP contribution in [-0.2, 0) is 16.0 Å². The van der Waals surface area contributed by atoms with Gasteiger partial charge in [0.15, 0.2) is 0 Å². The van der Waals surface area contributed by atoms with E-state index >= 15 is 0 Å². The average Bonchev–Trinajstić information content (AvgIpc) is 3.03. The van der Waals surface area contributed by atoms with Crippen molar-refractivity contribution in [1.29, 1.82) is 0 Å². The van der Waals surface area contributed by atoms with Crippen LogP contribution in [0.15, 0.2) is 42.6 Å². The Morgan fingerprint density at radius 2 is 1.93 bits per heavy atom. The number of halogens is 1. The van der Waals surface area contributed by atoms with Crippen LogP contribution in [0.5, 0.6) is 0 Å². The number of hydrogen-bond donors (Lipinski definition) is 2. The van der Waals surface area contributed by atoms with Crippen LogP contribution >= 0.6 is 11.6 Å². The van der Waals surface area contributed by atoms with E-state index in [9.17, 15) is 9.59 Å². The van der Waals surface area contributed by atoms with Crippen LogP contribution in [0.4, 0.5) is 5.69 Å². The number of nitrogens with one attached hydrogen (secondary N) is 2. The van der Waals surface area contributed by atoms with Gasteiger partial charge in [0.1, 0.15) is 6.54 Å². The van der Waals surface area contributed by atoms with Crippen LogP contribution in [0.25, 0.3) is 10.9 Å². The Kier molecular flexibility index (Phi) is 6.05. The van der Waals surface area contributed by atoms with Crippen molar-refractivity contribution in [3.05, 3.63) is 64.3 Å². The van der Waals surface area contributed by atoms with Crippen LogP contribution in [0.1, 0.15) is 23.6 Å². The predicted molar refractivity (Wildman–Crippen MR) is 114 cm³/mol. The van der Waals surface area contributed by atoms with Crippen molar-refractivity contribution in [2.75, 3.05) is 18.0 Å². The fourth-order valence-corrected chi connectivity index (χ4v) is 3.90. The molecular formula is C22H24ClN3O2. The van der Waals surface area contributed by atoms with Gasteiger partial charge in [-0.25, -0.2) is 0 Å². The molecular weight excluding hydrogens is 374 g/mol. The maximum absolute atomic E-state index is 12.5. The molecule has 3 rings (SSSR count). The standard InChI is InChI=1S/C22H24ClN3O2/c1-14-10-15(2)22(19(23)11-14)26(16(3)27)13-21(28)24-9-8-17-12-25-20-7-5-4-6-18(17)20/h4-7,10-12,25H,8-9,13H2,1-3H3,(H,24,28). The number of nitrogens with zero attached hydrogens (tertiary/aromatic N) is 1. The van der Waals surface area contributed by atoms with Gasteiger partial charge in [-0.15, -0.1) is 0 Å². The number of aromatic nitrogens is 1. The van der Waals surface area contributed by atoms with Crippen molar-refractivity contribution in [3.8, 4) is 0 Å². The SMILES string of the molecule is CC(=O)N(CC(=O)NCCc1c[nH]c2ccccc12)c1c(C)cc(C)cc1Cl. The molecule has 146 valence electrons. The molecule has 0 radical (unpaired) electrons. The number of amides is 2. The van der Waals surface area contributed by atoms with Gasteiger partial charge in [-0.3, -0.25) is 9.59 Å². The quantitative estimate of drug-likeness (QED) is 0.656. The Labute approximate surface area is 169 Å². The molecule has 6 heteroatoms. The van der Waals surface area contributed by atoms with E-state index in [0.717, 1.165) is 27.6 Å². The maximum Gasteiger partial charge on any atom is 0.240 e. The molecule has 0 unspecified atom stereocenters. The monoisotopic (exact) mass is 397 g/mol. The second-order valence-corrected chi connectivity index (χ2v) is 7.38. The van der Waals surface area contributed by atoms with Gasteiger partial charge in [0.25, 0.3) is 0 Å². The third kappa shape index (κ3) is 4.37. The van der Waals surface area contributed by atoms with E-state index in [1.54, 1.807) is 6.07 Å². The van der Waals surface area contributed by atoms with E-state index in [4.69, 9.17) is 11.6 Å². The largest absolute Gasteiger partial charge is 0.361 e. The summed E-state index contributed by atoms with van der Waals surface area (Å²) in [6.45, 7) is 5.70. The summed E-state index contributed by atoms with van der Waals surface area (Å²) in [5.41, 5.74) is 4.70. The third-order valence-electron chi connectivity index (χ3n) is 4.74. The van der Waals surface area contributed by atoms with Gasteiger partial charge in [0, 0.05) is 30.6 Å². The molecule has 2 aromatic carbocycles. The van der Waals surface area contributed by atoms with Crippen LogP contribution in [-0.4, -0.2) is 29.9 Å². The summed E-state index contributed by atoms with van der Waals surface area (Å²) >= 11 is 6.36. The summed E-state index contributed by atoms with van der Waals surface area (Å²) in [4.78, 5) is 29.3. The van der Waals surface area contributed by atoms with Crippen molar-refractivity contribution >= 4 is 40.0 Å². The molecule has 1 heterocycles. The van der Waals surface area contributed by atoms with Crippen molar-refractivity contribution in [2.24, 2.45) is 0 Å². The fourth-order valence-electron chi connectivity index (χ4n) is 3.47. The summed E-state index contributed by atoms with van der Waals surface area (Å²) in [5, 5.41) is 4.53. The lowest BCUT2D eigenvalue weighted by Gasteiger charge is -2.24. The van der Waals surface area contributed by atoms with Gasteiger partial charge in [-0.05, 0) is 49.1 Å². The molecule has 0 aliphatic rings. The lowest BCUT2D eigenvalue weighted by Crippen LogP contribution is -2.40. The smallest absolute Gasteiger partial charge is 0.240 e. The Morgan fingerprint density at radius 1 is 1.18 bits per heavy atom. The zero-order valence-corrected chi connectivity index (χ0v) is 17.1. The van der Waals surface area contributed by atoms with E-state index in [-0.39, 0.29) is 18.4 Å². The number of fused-ring (bicyclic) bond motifs is 1. The number of rotatable bonds is 6. The molecule has 0 aliphatic carbocycles. The maximum atomic E-state index is 12.5. The first-order valence-corrected chi connectivity index (χ1v) is 9.61. The molecule has 0 spiro atoms.